The molecule has 6 aliphatic carbocycles. The molecule has 2 unspecified atom stereocenters. The highest BCUT2D eigenvalue weighted by Crippen LogP contribution is 2.63. The molecule has 4 nitrogen and oxygen atoms in total. The van der Waals surface area contributed by atoms with Gasteiger partial charge in [0.2, 0.25) is 0 Å². The van der Waals surface area contributed by atoms with Gasteiger partial charge in [-0.05, 0) is 123 Å². The molecule has 0 aromatic heterocycles. The number of fused-ring (bicyclic) bond motifs is 2. The van der Waals surface area contributed by atoms with Crippen LogP contribution in [0, 0.1) is 23.7 Å². The van der Waals surface area contributed by atoms with Crippen LogP contribution in [0.4, 0.5) is 0 Å². The van der Waals surface area contributed by atoms with E-state index in [0.29, 0.717) is 29.2 Å². The number of rotatable bonds is 3. The molecule has 1 aromatic rings. The summed E-state index contributed by atoms with van der Waals surface area (Å²) in [6.07, 6.45) is 13.9. The van der Waals surface area contributed by atoms with E-state index in [-0.39, 0.29) is 21.5 Å². The minimum Gasteiger partial charge on any atom is -0.508 e. The van der Waals surface area contributed by atoms with Gasteiger partial charge in [0.1, 0.15) is 10.6 Å². The predicted octanol–water partition coefficient (Wildman–Crippen LogP) is 5.88. The first-order chi connectivity index (χ1) is 14.7. The van der Waals surface area contributed by atoms with E-state index in [0.717, 1.165) is 56.9 Å². The van der Waals surface area contributed by atoms with Gasteiger partial charge in [-0.2, -0.15) is 8.42 Å². The zero-order valence-corrected chi connectivity index (χ0v) is 19.3. The van der Waals surface area contributed by atoms with E-state index in [2.05, 4.69) is 13.0 Å². The van der Waals surface area contributed by atoms with Crippen LogP contribution >= 0.6 is 0 Å². The molecule has 5 heteroatoms. The molecule has 31 heavy (non-hydrogen) atoms. The molecule has 0 saturated heterocycles. The summed E-state index contributed by atoms with van der Waals surface area (Å²) in [5, 5.41) is 10.9. The van der Waals surface area contributed by atoms with Gasteiger partial charge in [0.05, 0.1) is 0 Å². The zero-order chi connectivity index (χ0) is 21.6. The van der Waals surface area contributed by atoms with E-state index >= 15 is 0 Å². The molecule has 2 N–H and O–H groups in total. The van der Waals surface area contributed by atoms with Crippen LogP contribution in [0.5, 0.6) is 5.75 Å². The highest BCUT2D eigenvalue weighted by atomic mass is 32.2. The molecular formula is C26H34O4S. The van der Waals surface area contributed by atoms with Crippen LogP contribution in [0.15, 0.2) is 28.7 Å². The second-order valence-electron chi connectivity index (χ2n) is 11.9. The van der Waals surface area contributed by atoms with Crippen molar-refractivity contribution in [3.63, 3.8) is 0 Å². The fraction of sp³-hybridized carbons (Fsp3) is 0.692. The van der Waals surface area contributed by atoms with Crippen LogP contribution in [0.1, 0.15) is 88.7 Å². The molecule has 2 atom stereocenters. The van der Waals surface area contributed by atoms with Crippen molar-refractivity contribution < 1.29 is 18.1 Å². The van der Waals surface area contributed by atoms with E-state index in [1.54, 1.807) is 12.1 Å². The fourth-order valence-electron chi connectivity index (χ4n) is 9.12. The number of hydrogen-bond acceptors (Lipinski definition) is 3. The molecule has 6 bridgehead atoms. The first-order valence-electron chi connectivity index (χ1n) is 12.2. The number of aromatic hydroxyl groups is 1. The van der Waals surface area contributed by atoms with Crippen molar-refractivity contribution in [1.82, 2.24) is 0 Å². The fourth-order valence-corrected chi connectivity index (χ4v) is 10.2. The highest BCUT2D eigenvalue weighted by Gasteiger charge is 2.54. The van der Waals surface area contributed by atoms with Crippen LogP contribution < -0.4 is 0 Å². The van der Waals surface area contributed by atoms with E-state index in [4.69, 9.17) is 0 Å². The van der Waals surface area contributed by atoms with Crippen LogP contribution in [0.25, 0.3) is 0 Å². The van der Waals surface area contributed by atoms with E-state index in [1.165, 1.54) is 24.8 Å². The third-order valence-corrected chi connectivity index (χ3v) is 10.4. The molecule has 5 saturated carbocycles. The average molecular weight is 443 g/mol. The Labute approximate surface area is 185 Å². The Kier molecular flexibility index (Phi) is 4.32. The van der Waals surface area contributed by atoms with Gasteiger partial charge in [0.15, 0.2) is 0 Å². The molecule has 6 aliphatic rings. The van der Waals surface area contributed by atoms with Gasteiger partial charge in [0.25, 0.3) is 10.1 Å². The summed E-state index contributed by atoms with van der Waals surface area (Å²) in [6, 6.07) is 3.37. The standard InChI is InChI=1S/C26H34O4S/c1-16-5-17-3-2-4-25(11-16,12-17)22-9-21(27)10-23(24(22)31(28,29)30)26-13-18-6-19(14-26)8-20(7-18)15-26/h5,9-10,16,18-20,27H,2-4,6-8,11-15H2,1H3,(H,28,29,30). The Morgan fingerprint density at radius 3 is 2.10 bits per heavy atom. The SMILES string of the molecule is CC1C=C2CCCC(c3cc(O)cc(C45CC6CC(CC(C6)C4)C5)c3S(=O)(=O)O)(C2)C1. The molecule has 0 aliphatic heterocycles. The lowest BCUT2D eigenvalue weighted by atomic mass is 9.47. The van der Waals surface area contributed by atoms with Crippen molar-refractivity contribution in [2.75, 3.05) is 0 Å². The molecule has 7 rings (SSSR count). The van der Waals surface area contributed by atoms with E-state index < -0.39 is 10.1 Å². The van der Waals surface area contributed by atoms with Crippen molar-refractivity contribution in [3.05, 3.63) is 34.9 Å². The van der Waals surface area contributed by atoms with Crippen LogP contribution in [0.2, 0.25) is 0 Å². The molecular weight excluding hydrogens is 408 g/mol. The number of hydrogen-bond donors (Lipinski definition) is 2. The first-order valence-corrected chi connectivity index (χ1v) is 13.6. The number of phenols is 1. The van der Waals surface area contributed by atoms with Gasteiger partial charge in [-0.1, -0.05) is 18.6 Å². The molecule has 0 heterocycles. The van der Waals surface area contributed by atoms with Crippen LogP contribution in [0.3, 0.4) is 0 Å². The third-order valence-electron chi connectivity index (χ3n) is 9.46. The van der Waals surface area contributed by atoms with Crippen LogP contribution in [-0.2, 0) is 20.9 Å². The Hall–Kier alpha value is -1.33. The number of allylic oxidation sites excluding steroid dienone is 2. The lowest BCUT2D eigenvalue weighted by molar-refractivity contribution is -0.00680. The zero-order valence-electron chi connectivity index (χ0n) is 18.4. The summed E-state index contributed by atoms with van der Waals surface area (Å²) in [4.78, 5) is 0.155. The van der Waals surface area contributed by atoms with Crippen molar-refractivity contribution >= 4 is 10.1 Å². The lowest BCUT2D eigenvalue weighted by Gasteiger charge is -2.57. The molecule has 5 fully saturated rings. The molecule has 168 valence electrons. The average Bonchev–Trinajstić information content (AvgIpc) is 2.65. The maximum atomic E-state index is 13.0. The largest absolute Gasteiger partial charge is 0.508 e. The quantitative estimate of drug-likeness (QED) is 0.452. The van der Waals surface area contributed by atoms with Crippen LogP contribution in [-0.4, -0.2) is 18.1 Å². The monoisotopic (exact) mass is 442 g/mol. The molecule has 1 aromatic carbocycles. The van der Waals surface area contributed by atoms with Crippen molar-refractivity contribution in [3.8, 4) is 5.75 Å². The predicted molar refractivity (Wildman–Crippen MR) is 120 cm³/mol. The summed E-state index contributed by atoms with van der Waals surface area (Å²) in [7, 11) is -4.41. The number of benzene rings is 1. The number of phenolic OH excluding ortho intramolecular Hbond substituents is 1. The second-order valence-corrected chi connectivity index (χ2v) is 13.2. The summed E-state index contributed by atoms with van der Waals surface area (Å²) >= 11 is 0. The Morgan fingerprint density at radius 2 is 1.52 bits per heavy atom. The Bertz CT molecular complexity index is 1030. The second kappa shape index (κ2) is 6.60. The molecule has 0 amide bonds. The van der Waals surface area contributed by atoms with Gasteiger partial charge in [0, 0.05) is 5.41 Å². The minimum atomic E-state index is -4.41. The third kappa shape index (κ3) is 3.13. The van der Waals surface area contributed by atoms with Gasteiger partial charge < -0.3 is 5.11 Å². The van der Waals surface area contributed by atoms with E-state index in [9.17, 15) is 18.1 Å². The lowest BCUT2D eigenvalue weighted by Crippen LogP contribution is -2.49. The Balaban J connectivity index is 1.58. The van der Waals surface area contributed by atoms with E-state index in [1.807, 2.05) is 0 Å². The van der Waals surface area contributed by atoms with Crippen molar-refractivity contribution in [1.29, 1.82) is 0 Å². The van der Waals surface area contributed by atoms with Crippen molar-refractivity contribution in [2.24, 2.45) is 23.7 Å². The Morgan fingerprint density at radius 1 is 0.935 bits per heavy atom. The van der Waals surface area contributed by atoms with Gasteiger partial charge in [-0.3, -0.25) is 4.55 Å². The highest BCUT2D eigenvalue weighted by molar-refractivity contribution is 7.86. The first kappa shape index (κ1) is 20.3. The summed E-state index contributed by atoms with van der Waals surface area (Å²) in [5.41, 5.74) is 2.32. The summed E-state index contributed by atoms with van der Waals surface area (Å²) in [5.74, 6) is 2.51. The summed E-state index contributed by atoms with van der Waals surface area (Å²) < 4.78 is 36.6. The maximum Gasteiger partial charge on any atom is 0.295 e. The smallest absolute Gasteiger partial charge is 0.295 e. The van der Waals surface area contributed by atoms with Gasteiger partial charge in [-0.15, -0.1) is 0 Å². The minimum absolute atomic E-state index is 0.155. The maximum absolute atomic E-state index is 13.0. The topological polar surface area (TPSA) is 74.6 Å². The normalized spacial score (nSPS) is 41.3. The van der Waals surface area contributed by atoms with Gasteiger partial charge in [-0.25, -0.2) is 0 Å². The van der Waals surface area contributed by atoms with Gasteiger partial charge >= 0.3 is 0 Å². The molecule has 0 spiro atoms. The van der Waals surface area contributed by atoms with Crippen molar-refractivity contribution in [2.45, 2.75) is 93.3 Å². The molecule has 0 radical (unpaired) electrons. The summed E-state index contributed by atoms with van der Waals surface area (Å²) in [6.45, 7) is 2.20.